The normalized spacial score (nSPS) is 39.0. The molecule has 3 amide bonds. The van der Waals surface area contributed by atoms with E-state index < -0.39 is 0 Å². The van der Waals surface area contributed by atoms with Gasteiger partial charge >= 0.3 is 0 Å². The van der Waals surface area contributed by atoms with E-state index in [2.05, 4.69) is 17.5 Å². The molecule has 1 aromatic carbocycles. The largest absolute Gasteiger partial charge is 0.326 e. The van der Waals surface area contributed by atoms with Crippen molar-refractivity contribution in [2.75, 3.05) is 5.32 Å². The van der Waals surface area contributed by atoms with Gasteiger partial charge < -0.3 is 5.32 Å². The van der Waals surface area contributed by atoms with Crippen molar-refractivity contribution in [3.8, 4) is 0 Å². The first kappa shape index (κ1) is 19.9. The Labute approximate surface area is 187 Å². The lowest BCUT2D eigenvalue weighted by molar-refractivity contribution is -0.144. The van der Waals surface area contributed by atoms with Crippen LogP contribution in [0, 0.1) is 41.4 Å². The summed E-state index contributed by atoms with van der Waals surface area (Å²) < 4.78 is 0. The van der Waals surface area contributed by atoms with Crippen LogP contribution in [-0.4, -0.2) is 34.4 Å². The van der Waals surface area contributed by atoms with Gasteiger partial charge in [0.25, 0.3) is 0 Å². The number of carbonyl (C=O) groups is 4. The lowest BCUT2D eigenvalue weighted by atomic mass is 9.63. The summed E-state index contributed by atoms with van der Waals surface area (Å²) in [5.41, 5.74) is 1.29. The summed E-state index contributed by atoms with van der Waals surface area (Å²) in [7, 11) is 0. The molecule has 166 valence electrons. The van der Waals surface area contributed by atoms with Crippen molar-refractivity contribution in [1.29, 1.82) is 0 Å². The molecule has 7 rings (SSSR count). The maximum absolute atomic E-state index is 13.3. The molecule has 6 atom stereocenters. The average Bonchev–Trinajstić information content (AvgIpc) is 3.58. The number of nitrogens with one attached hydrogen (secondary N) is 1. The van der Waals surface area contributed by atoms with Crippen LogP contribution in [0.2, 0.25) is 0 Å². The van der Waals surface area contributed by atoms with Gasteiger partial charge in [0.2, 0.25) is 17.7 Å². The lowest BCUT2D eigenvalue weighted by Crippen LogP contribution is -2.44. The summed E-state index contributed by atoms with van der Waals surface area (Å²) in [5, 5.41) is 2.94. The standard InChI is InChI=1S/C26H28N2O4/c1-13(29)14-2-6-16(7-3-14)27-24(30)15-4-8-17(9-5-15)28-25(31)22-18-10-11-19(21-12-20(18)21)23(22)26(28)32/h2-3,6-7,10-11,15,17-23H,4-5,8-9,12H2,1H3,(H,27,30)/t15?,17?,18-,19-,20-,21-,22+,23+/m0/s1. The molecular formula is C26H28N2O4. The smallest absolute Gasteiger partial charge is 0.233 e. The molecule has 0 aromatic heterocycles. The van der Waals surface area contributed by atoms with E-state index in [1.807, 2.05) is 0 Å². The van der Waals surface area contributed by atoms with Crippen LogP contribution in [-0.2, 0) is 14.4 Å². The molecule has 0 radical (unpaired) electrons. The van der Waals surface area contributed by atoms with E-state index in [1.165, 1.54) is 13.3 Å². The van der Waals surface area contributed by atoms with Crippen molar-refractivity contribution >= 4 is 29.2 Å². The lowest BCUT2D eigenvalue weighted by Gasteiger charge is -2.37. The second-order valence-electron chi connectivity index (χ2n) is 10.3. The van der Waals surface area contributed by atoms with Gasteiger partial charge in [-0.15, -0.1) is 0 Å². The summed E-state index contributed by atoms with van der Waals surface area (Å²) >= 11 is 0. The predicted molar refractivity (Wildman–Crippen MR) is 117 cm³/mol. The molecule has 2 bridgehead atoms. The number of ketones is 1. The molecule has 6 heteroatoms. The summed E-state index contributed by atoms with van der Waals surface area (Å²) in [6, 6.07) is 6.85. The van der Waals surface area contributed by atoms with E-state index in [0.29, 0.717) is 48.8 Å². The number of likely N-dealkylation sites (tertiary alicyclic amines) is 1. The number of rotatable bonds is 4. The third kappa shape index (κ3) is 2.91. The molecule has 1 heterocycles. The molecule has 6 aliphatic rings. The molecule has 3 saturated carbocycles. The number of carbonyl (C=O) groups excluding carboxylic acids is 4. The van der Waals surface area contributed by atoms with Gasteiger partial charge in [-0.25, -0.2) is 0 Å². The summed E-state index contributed by atoms with van der Waals surface area (Å²) in [6.07, 6.45) is 8.31. The molecule has 5 aliphatic carbocycles. The van der Waals surface area contributed by atoms with Crippen LogP contribution in [0.5, 0.6) is 0 Å². The van der Waals surface area contributed by atoms with Crippen LogP contribution < -0.4 is 5.32 Å². The zero-order valence-corrected chi connectivity index (χ0v) is 18.2. The summed E-state index contributed by atoms with van der Waals surface area (Å²) in [6.45, 7) is 1.51. The zero-order valence-electron chi connectivity index (χ0n) is 18.2. The molecule has 1 aromatic rings. The Balaban J connectivity index is 1.09. The first-order valence-electron chi connectivity index (χ1n) is 11.9. The van der Waals surface area contributed by atoms with Gasteiger partial charge in [-0.05, 0) is 87.0 Å². The second-order valence-corrected chi connectivity index (χ2v) is 10.3. The predicted octanol–water partition coefficient (Wildman–Crippen LogP) is 3.44. The number of nitrogens with zero attached hydrogens (tertiary/aromatic N) is 1. The first-order chi connectivity index (χ1) is 15.4. The van der Waals surface area contributed by atoms with Crippen molar-refractivity contribution in [3.05, 3.63) is 42.0 Å². The van der Waals surface area contributed by atoms with E-state index >= 15 is 0 Å². The molecule has 32 heavy (non-hydrogen) atoms. The van der Waals surface area contributed by atoms with Crippen molar-refractivity contribution in [3.63, 3.8) is 0 Å². The van der Waals surface area contributed by atoms with E-state index in [1.54, 1.807) is 29.2 Å². The maximum Gasteiger partial charge on any atom is 0.233 e. The highest BCUT2D eigenvalue weighted by atomic mass is 16.2. The monoisotopic (exact) mass is 432 g/mol. The number of Topliss-reactive ketones (excluding diaryl/α,β-unsaturated/α-hetero) is 1. The SMILES string of the molecule is CC(=O)c1ccc(NC(=O)C2CCC(N3C(=O)[C@@H]4[C@H]5C=C[C@@H]([C@@H]6C[C@@H]56)[C@H]4C3=O)CC2)cc1. The van der Waals surface area contributed by atoms with Gasteiger partial charge in [0, 0.05) is 23.2 Å². The van der Waals surface area contributed by atoms with E-state index in [0.717, 1.165) is 0 Å². The zero-order chi connectivity index (χ0) is 22.1. The minimum absolute atomic E-state index is 0.00661. The Bertz CT molecular complexity index is 1000. The van der Waals surface area contributed by atoms with Gasteiger partial charge in [0.1, 0.15) is 0 Å². The highest BCUT2D eigenvalue weighted by molar-refractivity contribution is 6.06. The van der Waals surface area contributed by atoms with Crippen LogP contribution >= 0.6 is 0 Å². The molecule has 4 fully saturated rings. The van der Waals surface area contributed by atoms with Crippen LogP contribution in [0.4, 0.5) is 5.69 Å². The quantitative estimate of drug-likeness (QED) is 0.449. The van der Waals surface area contributed by atoms with Crippen LogP contribution in [0.3, 0.4) is 0 Å². The number of hydrogen-bond acceptors (Lipinski definition) is 4. The number of imide groups is 1. The number of amides is 3. The Kier molecular flexibility index (Phi) is 4.43. The third-order valence-corrected chi connectivity index (χ3v) is 8.69. The van der Waals surface area contributed by atoms with Crippen molar-refractivity contribution in [1.82, 2.24) is 4.90 Å². The Hall–Kier alpha value is -2.76. The fourth-order valence-corrected chi connectivity index (χ4v) is 6.97. The van der Waals surface area contributed by atoms with Gasteiger partial charge in [-0.1, -0.05) is 12.2 Å². The molecule has 6 nitrogen and oxygen atoms in total. The number of hydrogen-bond donors (Lipinski definition) is 1. The number of anilines is 1. The van der Waals surface area contributed by atoms with Gasteiger partial charge in [-0.2, -0.15) is 0 Å². The Morgan fingerprint density at radius 1 is 0.875 bits per heavy atom. The van der Waals surface area contributed by atoms with E-state index in [4.69, 9.17) is 0 Å². The van der Waals surface area contributed by atoms with E-state index in [9.17, 15) is 19.2 Å². The summed E-state index contributed by atoms with van der Waals surface area (Å²) in [5.74, 6) is 1.40. The maximum atomic E-state index is 13.3. The van der Waals surface area contributed by atoms with Crippen molar-refractivity contribution in [2.45, 2.75) is 45.1 Å². The number of allylic oxidation sites excluding steroid dienone is 2. The van der Waals surface area contributed by atoms with Gasteiger partial charge in [-0.3, -0.25) is 24.1 Å². The Morgan fingerprint density at radius 2 is 1.44 bits per heavy atom. The molecular weight excluding hydrogens is 404 g/mol. The van der Waals surface area contributed by atoms with Gasteiger partial charge in [0.15, 0.2) is 5.78 Å². The fourth-order valence-electron chi connectivity index (χ4n) is 6.97. The summed E-state index contributed by atoms with van der Waals surface area (Å²) in [4.78, 5) is 52.4. The molecule has 1 saturated heterocycles. The van der Waals surface area contributed by atoms with Gasteiger partial charge in [0.05, 0.1) is 11.8 Å². The fraction of sp³-hybridized carbons (Fsp3) is 0.538. The Morgan fingerprint density at radius 3 is 1.97 bits per heavy atom. The van der Waals surface area contributed by atoms with Crippen molar-refractivity contribution < 1.29 is 19.2 Å². The average molecular weight is 433 g/mol. The molecule has 0 unspecified atom stereocenters. The number of benzene rings is 1. The van der Waals surface area contributed by atoms with Crippen LogP contribution in [0.25, 0.3) is 0 Å². The molecule has 1 N–H and O–H groups in total. The van der Waals surface area contributed by atoms with Crippen LogP contribution in [0.1, 0.15) is 49.4 Å². The second kappa shape index (κ2) is 7.12. The van der Waals surface area contributed by atoms with E-state index in [-0.39, 0.29) is 59.1 Å². The van der Waals surface area contributed by atoms with Crippen molar-refractivity contribution in [2.24, 2.45) is 41.4 Å². The highest BCUT2D eigenvalue weighted by Crippen LogP contribution is 2.65. The highest BCUT2D eigenvalue weighted by Gasteiger charge is 2.67. The third-order valence-electron chi connectivity index (χ3n) is 8.69. The molecule has 1 aliphatic heterocycles. The minimum atomic E-state index is -0.139. The van der Waals surface area contributed by atoms with Crippen LogP contribution in [0.15, 0.2) is 36.4 Å². The first-order valence-corrected chi connectivity index (χ1v) is 11.9. The molecule has 0 spiro atoms. The minimum Gasteiger partial charge on any atom is -0.326 e. The topological polar surface area (TPSA) is 83.6 Å².